The van der Waals surface area contributed by atoms with Crippen molar-refractivity contribution in [3.63, 3.8) is 0 Å². The van der Waals surface area contributed by atoms with Crippen LogP contribution in [-0.2, 0) is 4.79 Å². The Morgan fingerprint density at radius 3 is 2.44 bits per heavy atom. The van der Waals surface area contributed by atoms with E-state index in [1.807, 2.05) is 0 Å². The molecule has 0 aromatic carbocycles. The predicted molar refractivity (Wildman–Crippen MR) is 60.2 cm³/mol. The summed E-state index contributed by atoms with van der Waals surface area (Å²) in [6, 6.07) is -0.410. The molecule has 92 valence electrons. The number of carboxylic acids is 1. The van der Waals surface area contributed by atoms with Crippen LogP contribution in [0.1, 0.15) is 39.5 Å². The first-order valence-electron chi connectivity index (χ1n) is 5.71. The molecular formula is C11H20N2O3. The van der Waals surface area contributed by atoms with Gasteiger partial charge in [-0.15, -0.1) is 0 Å². The highest BCUT2D eigenvalue weighted by Crippen LogP contribution is 2.28. The van der Waals surface area contributed by atoms with Crippen LogP contribution in [0, 0.1) is 5.92 Å². The molecule has 0 bridgehead atoms. The van der Waals surface area contributed by atoms with Gasteiger partial charge in [-0.05, 0) is 26.2 Å². The largest absolute Gasteiger partial charge is 0.480 e. The zero-order chi connectivity index (χ0) is 12.2. The van der Waals surface area contributed by atoms with Gasteiger partial charge in [-0.3, -0.25) is 0 Å². The summed E-state index contributed by atoms with van der Waals surface area (Å²) in [6.07, 6.45) is 4.79. The van der Waals surface area contributed by atoms with Gasteiger partial charge in [-0.25, -0.2) is 9.59 Å². The fraction of sp³-hybridized carbons (Fsp3) is 0.818. The number of carbonyl (C=O) groups is 2. The Kier molecular flexibility index (Phi) is 4.15. The van der Waals surface area contributed by atoms with Gasteiger partial charge in [0.25, 0.3) is 0 Å². The molecular weight excluding hydrogens is 208 g/mol. The van der Waals surface area contributed by atoms with Crippen molar-refractivity contribution >= 4 is 12.0 Å². The van der Waals surface area contributed by atoms with Crippen molar-refractivity contribution in [2.75, 3.05) is 6.54 Å². The average molecular weight is 228 g/mol. The molecule has 0 atom stereocenters. The number of aliphatic carboxylic acids is 1. The highest BCUT2D eigenvalue weighted by molar-refractivity contribution is 5.85. The van der Waals surface area contributed by atoms with E-state index >= 15 is 0 Å². The van der Waals surface area contributed by atoms with E-state index in [-0.39, 0.29) is 0 Å². The molecule has 0 heterocycles. The smallest absolute Gasteiger partial charge is 0.328 e. The van der Waals surface area contributed by atoms with Crippen molar-refractivity contribution in [1.29, 1.82) is 0 Å². The minimum Gasteiger partial charge on any atom is -0.480 e. The number of hydrogen-bond donors (Lipinski definition) is 3. The first kappa shape index (κ1) is 12.8. The number of urea groups is 1. The molecule has 3 N–H and O–H groups in total. The van der Waals surface area contributed by atoms with Crippen LogP contribution in [-0.4, -0.2) is 29.2 Å². The Morgan fingerprint density at radius 2 is 2.00 bits per heavy atom. The van der Waals surface area contributed by atoms with Crippen molar-refractivity contribution in [3.05, 3.63) is 0 Å². The van der Waals surface area contributed by atoms with Crippen LogP contribution in [0.15, 0.2) is 0 Å². The van der Waals surface area contributed by atoms with Crippen LogP contribution >= 0.6 is 0 Å². The summed E-state index contributed by atoms with van der Waals surface area (Å²) >= 11 is 0. The quantitative estimate of drug-likeness (QED) is 0.664. The van der Waals surface area contributed by atoms with Gasteiger partial charge in [0, 0.05) is 6.54 Å². The van der Waals surface area contributed by atoms with Crippen molar-refractivity contribution in [2.45, 2.75) is 45.1 Å². The molecule has 2 amide bonds. The van der Waals surface area contributed by atoms with E-state index in [9.17, 15) is 9.59 Å². The number of amides is 2. The predicted octanol–water partition coefficient (Wildman–Crippen LogP) is 1.34. The lowest BCUT2D eigenvalue weighted by atomic mass is 9.83. The van der Waals surface area contributed by atoms with E-state index in [2.05, 4.69) is 10.6 Å². The second-order valence-electron chi connectivity index (χ2n) is 4.90. The summed E-state index contributed by atoms with van der Waals surface area (Å²) in [4.78, 5) is 22.1. The molecule has 1 fully saturated rings. The van der Waals surface area contributed by atoms with Crippen LogP contribution in [0.25, 0.3) is 0 Å². The molecule has 5 nitrogen and oxygen atoms in total. The molecule has 0 radical (unpaired) electrons. The number of hydrogen-bond acceptors (Lipinski definition) is 2. The maximum absolute atomic E-state index is 11.4. The van der Waals surface area contributed by atoms with Crippen molar-refractivity contribution < 1.29 is 14.7 Å². The number of rotatable bonds is 5. The van der Waals surface area contributed by atoms with Gasteiger partial charge in [0.05, 0.1) is 0 Å². The normalized spacial score (nSPS) is 16.4. The number of carbonyl (C=O) groups excluding carboxylic acids is 1. The van der Waals surface area contributed by atoms with Gasteiger partial charge < -0.3 is 15.7 Å². The van der Waals surface area contributed by atoms with Gasteiger partial charge in [-0.2, -0.15) is 0 Å². The summed E-state index contributed by atoms with van der Waals surface area (Å²) in [5, 5.41) is 13.9. The SMILES string of the molecule is CC(C)(NC(=O)NCCC1CCC1)C(=O)O. The molecule has 5 heteroatoms. The van der Waals surface area contributed by atoms with Crippen molar-refractivity contribution in [3.8, 4) is 0 Å². The molecule has 16 heavy (non-hydrogen) atoms. The monoisotopic (exact) mass is 228 g/mol. The first-order valence-corrected chi connectivity index (χ1v) is 5.71. The average Bonchev–Trinajstić information content (AvgIpc) is 2.08. The Morgan fingerprint density at radius 1 is 1.38 bits per heavy atom. The molecule has 0 aromatic rings. The zero-order valence-electron chi connectivity index (χ0n) is 9.88. The van der Waals surface area contributed by atoms with Gasteiger partial charge in [0.15, 0.2) is 0 Å². The summed E-state index contributed by atoms with van der Waals surface area (Å²) in [7, 11) is 0. The van der Waals surface area contributed by atoms with E-state index in [0.29, 0.717) is 6.54 Å². The Bertz CT molecular complexity index is 272. The molecule has 0 aliphatic heterocycles. The summed E-state index contributed by atoms with van der Waals surface area (Å²) in [6.45, 7) is 3.54. The lowest BCUT2D eigenvalue weighted by Crippen LogP contribution is -2.53. The molecule has 1 saturated carbocycles. The number of nitrogens with one attached hydrogen (secondary N) is 2. The zero-order valence-corrected chi connectivity index (χ0v) is 9.88. The van der Waals surface area contributed by atoms with Gasteiger partial charge in [0.2, 0.25) is 0 Å². The fourth-order valence-electron chi connectivity index (χ4n) is 1.55. The third kappa shape index (κ3) is 3.72. The molecule has 1 rings (SSSR count). The van der Waals surface area contributed by atoms with Crippen LogP contribution in [0.2, 0.25) is 0 Å². The number of carboxylic acid groups (broad SMARTS) is 1. The lowest BCUT2D eigenvalue weighted by Gasteiger charge is -2.26. The summed E-state index contributed by atoms with van der Waals surface area (Å²) < 4.78 is 0. The lowest BCUT2D eigenvalue weighted by molar-refractivity contribution is -0.142. The summed E-state index contributed by atoms with van der Waals surface area (Å²) in [5.41, 5.74) is -1.22. The van der Waals surface area contributed by atoms with Crippen LogP contribution < -0.4 is 10.6 Å². The minimum atomic E-state index is -1.22. The fourth-order valence-corrected chi connectivity index (χ4v) is 1.55. The molecule has 1 aliphatic rings. The molecule has 0 aromatic heterocycles. The second-order valence-corrected chi connectivity index (χ2v) is 4.90. The second kappa shape index (κ2) is 5.18. The van der Waals surface area contributed by atoms with Crippen molar-refractivity contribution in [1.82, 2.24) is 10.6 Å². The molecule has 0 saturated heterocycles. The van der Waals surface area contributed by atoms with E-state index < -0.39 is 17.5 Å². The van der Waals surface area contributed by atoms with Gasteiger partial charge in [-0.1, -0.05) is 19.3 Å². The topological polar surface area (TPSA) is 78.4 Å². The summed E-state index contributed by atoms with van der Waals surface area (Å²) in [5.74, 6) is -0.297. The van der Waals surface area contributed by atoms with E-state index in [1.54, 1.807) is 0 Å². The van der Waals surface area contributed by atoms with Crippen molar-refractivity contribution in [2.24, 2.45) is 5.92 Å². The standard InChI is InChI=1S/C11H20N2O3/c1-11(2,9(14)15)13-10(16)12-7-6-8-4-3-5-8/h8H,3-7H2,1-2H3,(H,14,15)(H2,12,13,16). The maximum Gasteiger partial charge on any atom is 0.328 e. The molecule has 1 aliphatic carbocycles. The van der Waals surface area contributed by atoms with Crippen LogP contribution in [0.4, 0.5) is 4.79 Å². The van der Waals surface area contributed by atoms with E-state index in [0.717, 1.165) is 12.3 Å². The highest BCUT2D eigenvalue weighted by Gasteiger charge is 2.28. The van der Waals surface area contributed by atoms with Gasteiger partial charge >= 0.3 is 12.0 Å². The Balaban J connectivity index is 2.16. The third-order valence-electron chi connectivity index (χ3n) is 3.02. The molecule has 0 spiro atoms. The minimum absolute atomic E-state index is 0.410. The van der Waals surface area contributed by atoms with Crippen LogP contribution in [0.5, 0.6) is 0 Å². The first-order chi connectivity index (χ1) is 7.42. The van der Waals surface area contributed by atoms with Gasteiger partial charge in [0.1, 0.15) is 5.54 Å². The molecule has 0 unspecified atom stereocenters. The third-order valence-corrected chi connectivity index (χ3v) is 3.02. The van der Waals surface area contributed by atoms with E-state index in [4.69, 9.17) is 5.11 Å². The highest BCUT2D eigenvalue weighted by atomic mass is 16.4. The van der Waals surface area contributed by atoms with E-state index in [1.165, 1.54) is 33.1 Å². The maximum atomic E-state index is 11.4. The van der Waals surface area contributed by atoms with Crippen LogP contribution in [0.3, 0.4) is 0 Å². The Hall–Kier alpha value is -1.26. The Labute approximate surface area is 95.6 Å².